The van der Waals surface area contributed by atoms with E-state index in [1.165, 1.54) is 0 Å². The van der Waals surface area contributed by atoms with Crippen LogP contribution in [-0.4, -0.2) is 38.1 Å². The average molecular weight is 432 g/mol. The summed E-state index contributed by atoms with van der Waals surface area (Å²) in [6.07, 6.45) is 7.54. The van der Waals surface area contributed by atoms with Crippen molar-refractivity contribution in [3.63, 3.8) is 0 Å². The standard InChI is InChI=1S/C21H23ClFN5O2/c1-11(2)30-21(29)13-5-3-4-6-17(13)27-20-16(23)10-26-19(28-20)15-9-25-18-14(15)7-12(22)8-24-18/h7-11,13,17H,3-6H2,1-2H3,(H,24,25)(H,26,27,28)/t13?,17-/m1/s1. The zero-order chi connectivity index (χ0) is 21.3. The molecule has 30 heavy (non-hydrogen) atoms. The molecule has 1 fully saturated rings. The minimum atomic E-state index is -0.573. The molecule has 0 amide bonds. The number of fused-ring (bicyclic) bond motifs is 1. The number of nitrogens with one attached hydrogen (secondary N) is 2. The topological polar surface area (TPSA) is 92.8 Å². The number of ether oxygens (including phenoxy) is 1. The molecule has 7 nitrogen and oxygen atoms in total. The summed E-state index contributed by atoms with van der Waals surface area (Å²) in [5, 5.41) is 4.37. The zero-order valence-electron chi connectivity index (χ0n) is 16.8. The lowest BCUT2D eigenvalue weighted by Crippen LogP contribution is -2.39. The highest BCUT2D eigenvalue weighted by molar-refractivity contribution is 6.31. The summed E-state index contributed by atoms with van der Waals surface area (Å²) in [6, 6.07) is 1.51. The first-order valence-electron chi connectivity index (χ1n) is 10.0. The summed E-state index contributed by atoms with van der Waals surface area (Å²) >= 11 is 6.07. The summed E-state index contributed by atoms with van der Waals surface area (Å²) in [6.45, 7) is 3.64. The molecule has 0 radical (unpaired) electrons. The van der Waals surface area contributed by atoms with E-state index in [4.69, 9.17) is 16.3 Å². The number of halogens is 2. The normalized spacial score (nSPS) is 19.2. The van der Waals surface area contributed by atoms with Crippen LogP contribution in [0.15, 0.2) is 24.7 Å². The van der Waals surface area contributed by atoms with Gasteiger partial charge in [-0.15, -0.1) is 0 Å². The number of aromatic amines is 1. The fraction of sp³-hybridized carbons (Fsp3) is 0.429. The first-order valence-corrected chi connectivity index (χ1v) is 10.4. The van der Waals surface area contributed by atoms with Crippen LogP contribution in [0.4, 0.5) is 10.2 Å². The van der Waals surface area contributed by atoms with E-state index >= 15 is 0 Å². The van der Waals surface area contributed by atoms with Crippen LogP contribution in [0.5, 0.6) is 0 Å². The Labute approximate surface area is 178 Å². The molecule has 3 heterocycles. The van der Waals surface area contributed by atoms with Crippen molar-refractivity contribution in [1.29, 1.82) is 0 Å². The minimum absolute atomic E-state index is 0.0681. The zero-order valence-corrected chi connectivity index (χ0v) is 17.5. The van der Waals surface area contributed by atoms with Crippen molar-refractivity contribution in [3.8, 4) is 11.4 Å². The maximum absolute atomic E-state index is 14.5. The number of hydrogen-bond donors (Lipinski definition) is 2. The number of hydrogen-bond acceptors (Lipinski definition) is 6. The third kappa shape index (κ3) is 4.23. The Morgan fingerprint density at radius 3 is 2.90 bits per heavy atom. The molecule has 2 atom stereocenters. The molecule has 1 aliphatic rings. The van der Waals surface area contributed by atoms with E-state index in [2.05, 4.69) is 25.3 Å². The summed E-state index contributed by atoms with van der Waals surface area (Å²) in [5.74, 6) is -0.759. The molecule has 2 N–H and O–H groups in total. The number of aromatic nitrogens is 4. The Kier molecular flexibility index (Phi) is 5.85. The molecule has 0 saturated heterocycles. The first kappa shape index (κ1) is 20.5. The molecule has 4 rings (SSSR count). The lowest BCUT2D eigenvalue weighted by molar-refractivity contribution is -0.153. The Morgan fingerprint density at radius 1 is 1.30 bits per heavy atom. The molecule has 1 unspecified atom stereocenters. The van der Waals surface area contributed by atoms with Crippen molar-refractivity contribution < 1.29 is 13.9 Å². The van der Waals surface area contributed by atoms with Gasteiger partial charge in [-0.25, -0.2) is 19.3 Å². The van der Waals surface area contributed by atoms with Gasteiger partial charge in [0, 0.05) is 29.4 Å². The smallest absolute Gasteiger partial charge is 0.311 e. The molecule has 0 bridgehead atoms. The van der Waals surface area contributed by atoms with Gasteiger partial charge in [-0.3, -0.25) is 4.79 Å². The Morgan fingerprint density at radius 2 is 2.10 bits per heavy atom. The maximum atomic E-state index is 14.5. The van der Waals surface area contributed by atoms with E-state index in [1.54, 1.807) is 18.5 Å². The Balaban J connectivity index is 1.63. The van der Waals surface area contributed by atoms with Crippen molar-refractivity contribution in [1.82, 2.24) is 19.9 Å². The third-order valence-corrected chi connectivity index (χ3v) is 5.43. The Bertz CT molecular complexity index is 1070. The minimum Gasteiger partial charge on any atom is -0.463 e. The predicted octanol–water partition coefficient (Wildman–Crippen LogP) is 4.73. The molecular weight excluding hydrogens is 409 g/mol. The van der Waals surface area contributed by atoms with Crippen LogP contribution in [0.25, 0.3) is 22.4 Å². The van der Waals surface area contributed by atoms with Crippen LogP contribution in [0, 0.1) is 11.7 Å². The predicted molar refractivity (Wildman–Crippen MR) is 113 cm³/mol. The second-order valence-corrected chi connectivity index (χ2v) is 8.21. The summed E-state index contributed by atoms with van der Waals surface area (Å²) in [7, 11) is 0. The second-order valence-electron chi connectivity index (χ2n) is 7.77. The molecule has 1 saturated carbocycles. The quantitative estimate of drug-likeness (QED) is 0.567. The Hall–Kier alpha value is -2.74. The van der Waals surface area contributed by atoms with Crippen molar-refractivity contribution in [2.24, 2.45) is 5.92 Å². The van der Waals surface area contributed by atoms with Crippen LogP contribution >= 0.6 is 11.6 Å². The molecule has 0 aliphatic heterocycles. The molecule has 3 aromatic rings. The molecule has 3 aromatic heterocycles. The number of esters is 1. The van der Waals surface area contributed by atoms with Crippen LogP contribution < -0.4 is 5.32 Å². The van der Waals surface area contributed by atoms with Crippen LogP contribution in [0.3, 0.4) is 0 Å². The van der Waals surface area contributed by atoms with Gasteiger partial charge in [0.1, 0.15) is 5.65 Å². The van der Waals surface area contributed by atoms with Crippen molar-refractivity contribution in [2.75, 3.05) is 5.32 Å². The van der Waals surface area contributed by atoms with Gasteiger partial charge in [-0.2, -0.15) is 0 Å². The highest BCUT2D eigenvalue weighted by Crippen LogP contribution is 2.31. The van der Waals surface area contributed by atoms with Gasteiger partial charge in [0.2, 0.25) is 0 Å². The van der Waals surface area contributed by atoms with Gasteiger partial charge < -0.3 is 15.0 Å². The SMILES string of the molecule is CC(C)OC(=O)C1CCCC[C@H]1Nc1nc(-c2c[nH]c3ncc(Cl)cc23)ncc1F. The molecule has 158 valence electrons. The summed E-state index contributed by atoms with van der Waals surface area (Å²) in [5.41, 5.74) is 1.31. The van der Waals surface area contributed by atoms with Gasteiger partial charge in [-0.1, -0.05) is 24.4 Å². The van der Waals surface area contributed by atoms with E-state index in [0.717, 1.165) is 30.8 Å². The molecule has 9 heteroatoms. The number of H-pyrrole nitrogens is 1. The van der Waals surface area contributed by atoms with E-state index in [9.17, 15) is 9.18 Å². The molecule has 0 spiro atoms. The van der Waals surface area contributed by atoms with E-state index in [-0.39, 0.29) is 29.9 Å². The van der Waals surface area contributed by atoms with E-state index in [0.29, 0.717) is 28.5 Å². The number of nitrogens with zero attached hydrogens (tertiary/aromatic N) is 3. The number of carbonyl (C=O) groups is 1. The number of carbonyl (C=O) groups excluding carboxylic acids is 1. The van der Waals surface area contributed by atoms with Gasteiger partial charge in [0.05, 0.1) is 23.2 Å². The first-order chi connectivity index (χ1) is 14.4. The highest BCUT2D eigenvalue weighted by Gasteiger charge is 2.33. The molecular formula is C21H23ClFN5O2. The monoisotopic (exact) mass is 431 g/mol. The van der Waals surface area contributed by atoms with Gasteiger partial charge >= 0.3 is 5.97 Å². The van der Waals surface area contributed by atoms with E-state index in [1.807, 2.05) is 13.8 Å². The molecule has 1 aliphatic carbocycles. The number of anilines is 1. The summed E-state index contributed by atoms with van der Waals surface area (Å²) in [4.78, 5) is 28.3. The largest absolute Gasteiger partial charge is 0.463 e. The molecule has 0 aromatic carbocycles. The van der Waals surface area contributed by atoms with Crippen LogP contribution in [0.2, 0.25) is 5.02 Å². The van der Waals surface area contributed by atoms with Crippen molar-refractivity contribution in [2.45, 2.75) is 51.7 Å². The van der Waals surface area contributed by atoms with Gasteiger partial charge in [0.25, 0.3) is 0 Å². The lowest BCUT2D eigenvalue weighted by atomic mass is 9.84. The average Bonchev–Trinajstić information content (AvgIpc) is 3.12. The maximum Gasteiger partial charge on any atom is 0.311 e. The van der Waals surface area contributed by atoms with E-state index < -0.39 is 5.82 Å². The number of pyridine rings is 1. The van der Waals surface area contributed by atoms with Crippen molar-refractivity contribution >= 4 is 34.4 Å². The second kappa shape index (κ2) is 8.55. The fourth-order valence-corrected chi connectivity index (χ4v) is 4.00. The van der Waals surface area contributed by atoms with Crippen LogP contribution in [-0.2, 0) is 9.53 Å². The highest BCUT2D eigenvalue weighted by atomic mass is 35.5. The fourth-order valence-electron chi connectivity index (χ4n) is 3.84. The van der Waals surface area contributed by atoms with Crippen molar-refractivity contribution in [3.05, 3.63) is 35.5 Å². The van der Waals surface area contributed by atoms with Gasteiger partial charge in [-0.05, 0) is 32.8 Å². The van der Waals surface area contributed by atoms with Gasteiger partial charge in [0.15, 0.2) is 17.5 Å². The van der Waals surface area contributed by atoms with Crippen LogP contribution in [0.1, 0.15) is 39.5 Å². The summed E-state index contributed by atoms with van der Waals surface area (Å²) < 4.78 is 19.9. The third-order valence-electron chi connectivity index (χ3n) is 5.23. The lowest BCUT2D eigenvalue weighted by Gasteiger charge is -2.31. The number of rotatable bonds is 5.